The van der Waals surface area contributed by atoms with Crippen LogP contribution < -0.4 is 15.0 Å². The van der Waals surface area contributed by atoms with E-state index in [0.717, 1.165) is 22.0 Å². The summed E-state index contributed by atoms with van der Waals surface area (Å²) in [6.07, 6.45) is 0. The van der Waals surface area contributed by atoms with Gasteiger partial charge in [-0.1, -0.05) is 36.4 Å². The molecule has 0 aliphatic carbocycles. The van der Waals surface area contributed by atoms with Gasteiger partial charge < -0.3 is 15.0 Å². The molecule has 3 aromatic rings. The van der Waals surface area contributed by atoms with E-state index in [4.69, 9.17) is 4.74 Å². The standard InChI is InChI=1S/C26H27N3O4/c1-4-27-25(31)17(2)28(15-18-11-13-20(33-3)14-12-18)23(30)16-29-22-10-6-8-19-7-5-9-21(24(19)22)26(29)32/h5-14,17H,4,15-16H2,1-3H3,(H,27,31)/t17-/m1/s1. The van der Waals surface area contributed by atoms with Gasteiger partial charge in [-0.05, 0) is 49.1 Å². The van der Waals surface area contributed by atoms with E-state index in [9.17, 15) is 14.4 Å². The number of benzene rings is 3. The Balaban J connectivity index is 1.61. The minimum Gasteiger partial charge on any atom is -0.497 e. The smallest absolute Gasteiger partial charge is 0.259 e. The van der Waals surface area contributed by atoms with Crippen LogP contribution in [0.25, 0.3) is 10.8 Å². The minimum atomic E-state index is -0.699. The average Bonchev–Trinajstić information content (AvgIpc) is 3.10. The molecule has 33 heavy (non-hydrogen) atoms. The van der Waals surface area contributed by atoms with Crippen molar-refractivity contribution in [2.75, 3.05) is 25.1 Å². The first-order valence-electron chi connectivity index (χ1n) is 11.0. The Morgan fingerprint density at radius 3 is 2.42 bits per heavy atom. The van der Waals surface area contributed by atoms with E-state index in [0.29, 0.717) is 17.9 Å². The number of nitrogens with one attached hydrogen (secondary N) is 1. The molecule has 0 aromatic heterocycles. The molecule has 1 heterocycles. The third kappa shape index (κ3) is 4.26. The summed E-state index contributed by atoms with van der Waals surface area (Å²) >= 11 is 0. The first kappa shape index (κ1) is 22.3. The van der Waals surface area contributed by atoms with Crippen LogP contribution in [0.1, 0.15) is 29.8 Å². The largest absolute Gasteiger partial charge is 0.497 e. The van der Waals surface area contributed by atoms with Crippen molar-refractivity contribution < 1.29 is 19.1 Å². The Kier molecular flexibility index (Phi) is 6.31. The van der Waals surface area contributed by atoms with Gasteiger partial charge in [0.25, 0.3) is 5.91 Å². The number of carbonyl (C=O) groups is 3. The van der Waals surface area contributed by atoms with Gasteiger partial charge in [-0.15, -0.1) is 0 Å². The number of anilines is 1. The molecule has 1 N–H and O–H groups in total. The monoisotopic (exact) mass is 445 g/mol. The van der Waals surface area contributed by atoms with E-state index >= 15 is 0 Å². The molecule has 4 rings (SSSR count). The van der Waals surface area contributed by atoms with Crippen molar-refractivity contribution in [2.24, 2.45) is 0 Å². The molecule has 0 saturated carbocycles. The van der Waals surface area contributed by atoms with Crippen LogP contribution in [0.15, 0.2) is 60.7 Å². The first-order valence-corrected chi connectivity index (χ1v) is 11.0. The summed E-state index contributed by atoms with van der Waals surface area (Å²) in [6, 6.07) is 17.9. The highest BCUT2D eigenvalue weighted by molar-refractivity contribution is 6.26. The highest BCUT2D eigenvalue weighted by Gasteiger charge is 2.34. The summed E-state index contributed by atoms with van der Waals surface area (Å²) in [5, 5.41) is 4.60. The van der Waals surface area contributed by atoms with Crippen LogP contribution in [0.2, 0.25) is 0 Å². The van der Waals surface area contributed by atoms with Crippen molar-refractivity contribution in [1.29, 1.82) is 0 Å². The summed E-state index contributed by atoms with van der Waals surface area (Å²) < 4.78 is 5.21. The molecule has 0 radical (unpaired) electrons. The van der Waals surface area contributed by atoms with Crippen molar-refractivity contribution in [3.63, 3.8) is 0 Å². The van der Waals surface area contributed by atoms with Gasteiger partial charge in [0.05, 0.1) is 12.8 Å². The number of ether oxygens (including phenoxy) is 1. The zero-order valence-corrected chi connectivity index (χ0v) is 19.0. The third-order valence-corrected chi connectivity index (χ3v) is 5.97. The molecule has 7 nitrogen and oxygen atoms in total. The van der Waals surface area contributed by atoms with E-state index in [1.54, 1.807) is 20.1 Å². The fourth-order valence-electron chi connectivity index (χ4n) is 4.19. The van der Waals surface area contributed by atoms with Crippen molar-refractivity contribution in [2.45, 2.75) is 26.4 Å². The van der Waals surface area contributed by atoms with Gasteiger partial charge >= 0.3 is 0 Å². The maximum atomic E-state index is 13.5. The van der Waals surface area contributed by atoms with Gasteiger partial charge in [0.1, 0.15) is 18.3 Å². The number of hydrogen-bond donors (Lipinski definition) is 1. The molecule has 1 atom stereocenters. The molecule has 1 aliphatic heterocycles. The molecule has 170 valence electrons. The zero-order chi connectivity index (χ0) is 23.5. The molecule has 3 aromatic carbocycles. The van der Waals surface area contributed by atoms with E-state index < -0.39 is 6.04 Å². The number of methoxy groups -OCH3 is 1. The lowest BCUT2D eigenvalue weighted by molar-refractivity contribution is -0.139. The predicted molar refractivity (Wildman–Crippen MR) is 127 cm³/mol. The van der Waals surface area contributed by atoms with Crippen molar-refractivity contribution in [3.05, 3.63) is 71.8 Å². The molecule has 0 unspecified atom stereocenters. The lowest BCUT2D eigenvalue weighted by Crippen LogP contribution is -2.50. The van der Waals surface area contributed by atoms with Gasteiger partial charge in [0.15, 0.2) is 0 Å². The van der Waals surface area contributed by atoms with Crippen LogP contribution in [0.4, 0.5) is 5.69 Å². The second-order valence-corrected chi connectivity index (χ2v) is 8.01. The number of likely N-dealkylation sites (N-methyl/N-ethyl adjacent to an activating group) is 1. The summed E-state index contributed by atoms with van der Waals surface area (Å²) in [5.74, 6) is -0.0349. The second kappa shape index (κ2) is 9.32. The van der Waals surface area contributed by atoms with E-state index in [1.807, 2.05) is 61.5 Å². The second-order valence-electron chi connectivity index (χ2n) is 8.01. The van der Waals surface area contributed by atoms with E-state index in [2.05, 4.69) is 5.32 Å². The van der Waals surface area contributed by atoms with Crippen LogP contribution in [-0.2, 0) is 16.1 Å². The molecular weight excluding hydrogens is 418 g/mol. The first-order chi connectivity index (χ1) is 15.9. The maximum Gasteiger partial charge on any atom is 0.259 e. The Morgan fingerprint density at radius 1 is 1.06 bits per heavy atom. The predicted octanol–water partition coefficient (Wildman–Crippen LogP) is 3.36. The minimum absolute atomic E-state index is 0.146. The number of nitrogens with zero attached hydrogens (tertiary/aromatic N) is 2. The lowest BCUT2D eigenvalue weighted by atomic mass is 10.1. The van der Waals surface area contributed by atoms with Crippen LogP contribution in [-0.4, -0.2) is 48.9 Å². The maximum absolute atomic E-state index is 13.5. The van der Waals surface area contributed by atoms with Crippen LogP contribution in [0.5, 0.6) is 5.75 Å². The Morgan fingerprint density at radius 2 is 1.76 bits per heavy atom. The Hall–Kier alpha value is -3.87. The summed E-state index contributed by atoms with van der Waals surface area (Å²) in [5.41, 5.74) is 2.17. The van der Waals surface area contributed by atoms with Crippen LogP contribution in [0.3, 0.4) is 0 Å². The summed E-state index contributed by atoms with van der Waals surface area (Å²) in [4.78, 5) is 42.3. The molecule has 0 bridgehead atoms. The quantitative estimate of drug-likeness (QED) is 0.577. The summed E-state index contributed by atoms with van der Waals surface area (Å²) in [7, 11) is 1.59. The van der Waals surface area contributed by atoms with E-state index in [-0.39, 0.29) is 30.8 Å². The normalized spacial score (nSPS) is 13.2. The van der Waals surface area contributed by atoms with Crippen molar-refractivity contribution in [3.8, 4) is 5.75 Å². The van der Waals surface area contributed by atoms with Gasteiger partial charge in [-0.3, -0.25) is 19.3 Å². The van der Waals surface area contributed by atoms with Crippen molar-refractivity contribution >= 4 is 34.2 Å². The summed E-state index contributed by atoms with van der Waals surface area (Å²) in [6.45, 7) is 4.09. The SMILES string of the molecule is CCNC(=O)[C@@H](C)N(Cc1ccc(OC)cc1)C(=O)CN1C(=O)c2cccc3cccc1c23. The molecular formula is C26H27N3O4. The topological polar surface area (TPSA) is 79.0 Å². The number of rotatable bonds is 8. The number of hydrogen-bond acceptors (Lipinski definition) is 4. The van der Waals surface area contributed by atoms with Gasteiger partial charge in [-0.25, -0.2) is 0 Å². The Labute approximate surface area is 192 Å². The molecule has 3 amide bonds. The molecule has 7 heteroatoms. The van der Waals surface area contributed by atoms with Gasteiger partial charge in [0, 0.05) is 24.0 Å². The highest BCUT2D eigenvalue weighted by atomic mass is 16.5. The van der Waals surface area contributed by atoms with Gasteiger partial charge in [0.2, 0.25) is 11.8 Å². The molecule has 0 spiro atoms. The Bertz CT molecular complexity index is 1200. The molecule has 0 saturated heterocycles. The zero-order valence-electron chi connectivity index (χ0n) is 19.0. The van der Waals surface area contributed by atoms with Crippen LogP contribution in [0, 0.1) is 0 Å². The van der Waals surface area contributed by atoms with Gasteiger partial charge in [-0.2, -0.15) is 0 Å². The molecule has 0 fully saturated rings. The fourth-order valence-corrected chi connectivity index (χ4v) is 4.19. The van der Waals surface area contributed by atoms with Crippen LogP contribution >= 0.6 is 0 Å². The average molecular weight is 446 g/mol. The highest BCUT2D eigenvalue weighted by Crippen LogP contribution is 2.37. The fraction of sp³-hybridized carbons (Fsp3) is 0.269. The third-order valence-electron chi connectivity index (χ3n) is 5.97. The number of carbonyl (C=O) groups excluding carboxylic acids is 3. The van der Waals surface area contributed by atoms with E-state index in [1.165, 1.54) is 9.80 Å². The number of amides is 3. The molecule has 1 aliphatic rings. The van der Waals surface area contributed by atoms with Crippen molar-refractivity contribution in [1.82, 2.24) is 10.2 Å². The lowest BCUT2D eigenvalue weighted by Gasteiger charge is -2.30.